The van der Waals surface area contributed by atoms with Gasteiger partial charge in [-0.05, 0) is 29.3 Å². The SMILES string of the molecule is O=C(O)c1cc2c(s1)c(-c1ccccc1)c(-c1ccc(Cl)cc1)n2CC(=O)N1CCOCC1. The van der Waals surface area contributed by atoms with E-state index in [9.17, 15) is 14.7 Å². The number of aromatic carboxylic acids is 1. The van der Waals surface area contributed by atoms with Crippen LogP contribution in [0, 0.1) is 0 Å². The van der Waals surface area contributed by atoms with Gasteiger partial charge in [0.1, 0.15) is 11.4 Å². The van der Waals surface area contributed by atoms with Crippen LogP contribution in [-0.4, -0.2) is 52.8 Å². The molecule has 2 aromatic heterocycles. The van der Waals surface area contributed by atoms with E-state index in [1.165, 1.54) is 11.3 Å². The number of amides is 1. The third-order valence-electron chi connectivity index (χ3n) is 5.79. The van der Waals surface area contributed by atoms with Gasteiger partial charge in [-0.25, -0.2) is 4.79 Å². The van der Waals surface area contributed by atoms with Gasteiger partial charge in [-0.2, -0.15) is 0 Å². The Labute approximate surface area is 199 Å². The van der Waals surface area contributed by atoms with Gasteiger partial charge in [0, 0.05) is 23.7 Å². The van der Waals surface area contributed by atoms with Gasteiger partial charge in [0.15, 0.2) is 0 Å². The van der Waals surface area contributed by atoms with Crippen molar-refractivity contribution in [3.8, 4) is 22.4 Å². The number of aromatic nitrogens is 1. The minimum Gasteiger partial charge on any atom is -0.477 e. The molecule has 0 bridgehead atoms. The number of rotatable bonds is 5. The quantitative estimate of drug-likeness (QED) is 0.423. The van der Waals surface area contributed by atoms with Crippen molar-refractivity contribution < 1.29 is 19.4 Å². The number of hydrogen-bond donors (Lipinski definition) is 1. The summed E-state index contributed by atoms with van der Waals surface area (Å²) in [5.74, 6) is -0.998. The van der Waals surface area contributed by atoms with Crippen molar-refractivity contribution in [1.29, 1.82) is 0 Å². The number of ether oxygens (including phenoxy) is 1. The molecule has 0 aliphatic carbocycles. The molecule has 2 aromatic carbocycles. The molecule has 1 fully saturated rings. The molecule has 3 heterocycles. The molecule has 0 atom stereocenters. The fourth-order valence-electron chi connectivity index (χ4n) is 4.22. The van der Waals surface area contributed by atoms with E-state index in [4.69, 9.17) is 16.3 Å². The zero-order chi connectivity index (χ0) is 22.9. The summed E-state index contributed by atoms with van der Waals surface area (Å²) >= 11 is 7.38. The Hall–Kier alpha value is -3.13. The molecule has 4 aromatic rings. The second-order valence-corrected chi connectivity index (χ2v) is 9.29. The molecule has 8 heteroatoms. The van der Waals surface area contributed by atoms with Crippen molar-refractivity contribution in [2.45, 2.75) is 6.54 Å². The zero-order valence-corrected chi connectivity index (χ0v) is 19.2. The van der Waals surface area contributed by atoms with Crippen LogP contribution in [0.3, 0.4) is 0 Å². The van der Waals surface area contributed by atoms with E-state index in [-0.39, 0.29) is 17.3 Å². The highest BCUT2D eigenvalue weighted by molar-refractivity contribution is 7.21. The van der Waals surface area contributed by atoms with E-state index in [2.05, 4.69) is 0 Å². The Morgan fingerprint density at radius 1 is 1.00 bits per heavy atom. The third-order valence-corrected chi connectivity index (χ3v) is 7.17. The standard InChI is InChI=1S/C25H21ClN2O4S/c26-18-8-6-17(7-9-18)23-22(16-4-2-1-3-5-16)24-19(14-20(33-24)25(30)31)28(23)15-21(29)27-10-12-32-13-11-27/h1-9,14H,10-13,15H2,(H,30,31). The summed E-state index contributed by atoms with van der Waals surface area (Å²) in [4.78, 5) is 27.1. The second kappa shape index (κ2) is 9.02. The first-order valence-electron chi connectivity index (χ1n) is 10.6. The van der Waals surface area contributed by atoms with Crippen LogP contribution in [0.1, 0.15) is 9.67 Å². The van der Waals surface area contributed by atoms with Crippen LogP contribution in [0.5, 0.6) is 0 Å². The number of carboxylic acids is 1. The molecule has 0 spiro atoms. The van der Waals surface area contributed by atoms with Gasteiger partial charge >= 0.3 is 5.97 Å². The number of nitrogens with zero attached hydrogens (tertiary/aromatic N) is 2. The first-order chi connectivity index (χ1) is 16.0. The lowest BCUT2D eigenvalue weighted by molar-refractivity contribution is -0.135. The van der Waals surface area contributed by atoms with E-state index in [0.717, 1.165) is 32.6 Å². The minimum atomic E-state index is -0.977. The average molecular weight is 481 g/mol. The van der Waals surface area contributed by atoms with E-state index in [0.29, 0.717) is 31.3 Å². The molecule has 1 N–H and O–H groups in total. The van der Waals surface area contributed by atoms with Crippen LogP contribution >= 0.6 is 22.9 Å². The van der Waals surface area contributed by atoms with Gasteiger partial charge in [0.05, 0.1) is 29.1 Å². The zero-order valence-electron chi connectivity index (χ0n) is 17.7. The fourth-order valence-corrected chi connectivity index (χ4v) is 5.42. The average Bonchev–Trinajstić information content (AvgIpc) is 3.39. The largest absolute Gasteiger partial charge is 0.477 e. The topological polar surface area (TPSA) is 71.8 Å². The molecular weight excluding hydrogens is 460 g/mol. The highest BCUT2D eigenvalue weighted by Crippen LogP contribution is 2.44. The van der Waals surface area contributed by atoms with Crippen LogP contribution in [0.4, 0.5) is 0 Å². The maximum absolute atomic E-state index is 13.3. The van der Waals surface area contributed by atoms with E-state index < -0.39 is 5.97 Å². The molecule has 1 aliphatic heterocycles. The van der Waals surface area contributed by atoms with Gasteiger partial charge in [0.2, 0.25) is 5.91 Å². The number of carbonyl (C=O) groups excluding carboxylic acids is 1. The van der Waals surface area contributed by atoms with Crippen molar-refractivity contribution in [2.75, 3.05) is 26.3 Å². The fraction of sp³-hybridized carbons (Fsp3) is 0.200. The van der Waals surface area contributed by atoms with Gasteiger partial charge in [-0.1, -0.05) is 54.1 Å². The van der Waals surface area contributed by atoms with Crippen LogP contribution in [0.2, 0.25) is 5.02 Å². The summed E-state index contributed by atoms with van der Waals surface area (Å²) in [5.41, 5.74) is 4.40. The Kier molecular flexibility index (Phi) is 5.93. The highest BCUT2D eigenvalue weighted by atomic mass is 35.5. The van der Waals surface area contributed by atoms with Gasteiger partial charge < -0.3 is 19.3 Å². The Morgan fingerprint density at radius 3 is 2.36 bits per heavy atom. The lowest BCUT2D eigenvalue weighted by Crippen LogP contribution is -2.42. The molecule has 1 amide bonds. The van der Waals surface area contributed by atoms with Crippen molar-refractivity contribution in [3.05, 3.63) is 70.6 Å². The summed E-state index contributed by atoms with van der Waals surface area (Å²) in [7, 11) is 0. The van der Waals surface area contributed by atoms with E-state index in [1.807, 2.05) is 59.2 Å². The Bertz CT molecular complexity index is 1320. The number of morpholine rings is 1. The van der Waals surface area contributed by atoms with Gasteiger partial charge in [-0.3, -0.25) is 4.79 Å². The molecule has 1 aliphatic rings. The minimum absolute atomic E-state index is 0.0203. The first-order valence-corrected chi connectivity index (χ1v) is 11.8. The predicted octanol–water partition coefficient (Wildman–Crippen LogP) is 5.25. The van der Waals surface area contributed by atoms with Crippen LogP contribution in [-0.2, 0) is 16.1 Å². The van der Waals surface area contributed by atoms with E-state index in [1.54, 1.807) is 11.0 Å². The van der Waals surface area contributed by atoms with Crippen LogP contribution in [0.25, 0.3) is 32.6 Å². The van der Waals surface area contributed by atoms with Crippen molar-refractivity contribution in [2.24, 2.45) is 0 Å². The predicted molar refractivity (Wildman–Crippen MR) is 130 cm³/mol. The number of hydrogen-bond acceptors (Lipinski definition) is 4. The van der Waals surface area contributed by atoms with Crippen molar-refractivity contribution in [3.63, 3.8) is 0 Å². The van der Waals surface area contributed by atoms with Crippen molar-refractivity contribution >= 4 is 45.0 Å². The highest BCUT2D eigenvalue weighted by Gasteiger charge is 2.26. The van der Waals surface area contributed by atoms with Crippen LogP contribution < -0.4 is 0 Å². The van der Waals surface area contributed by atoms with Crippen molar-refractivity contribution in [1.82, 2.24) is 9.47 Å². The molecule has 33 heavy (non-hydrogen) atoms. The lowest BCUT2D eigenvalue weighted by atomic mass is 10.0. The molecule has 168 valence electrons. The third kappa shape index (κ3) is 4.15. The second-order valence-electron chi connectivity index (χ2n) is 7.81. The summed E-state index contributed by atoms with van der Waals surface area (Å²) in [6.45, 7) is 2.25. The summed E-state index contributed by atoms with van der Waals surface area (Å²) < 4.78 is 8.18. The van der Waals surface area contributed by atoms with E-state index >= 15 is 0 Å². The smallest absolute Gasteiger partial charge is 0.345 e. The summed E-state index contributed by atoms with van der Waals surface area (Å²) in [6, 6.07) is 19.0. The molecule has 0 saturated carbocycles. The monoisotopic (exact) mass is 480 g/mol. The molecule has 6 nitrogen and oxygen atoms in total. The number of halogens is 1. The number of thiophene rings is 1. The number of carbonyl (C=O) groups is 2. The maximum atomic E-state index is 13.3. The molecule has 1 saturated heterocycles. The summed E-state index contributed by atoms with van der Waals surface area (Å²) in [5, 5.41) is 10.3. The number of carboxylic acid groups (broad SMARTS) is 1. The number of fused-ring (bicyclic) bond motifs is 1. The molecular formula is C25H21ClN2O4S. The van der Waals surface area contributed by atoms with Crippen LogP contribution in [0.15, 0.2) is 60.7 Å². The Balaban J connectivity index is 1.75. The van der Waals surface area contributed by atoms with Gasteiger partial charge in [0.25, 0.3) is 0 Å². The molecule has 0 radical (unpaired) electrons. The normalized spacial score (nSPS) is 14.0. The number of benzene rings is 2. The Morgan fingerprint density at radius 2 is 1.70 bits per heavy atom. The van der Waals surface area contributed by atoms with Gasteiger partial charge in [-0.15, -0.1) is 11.3 Å². The maximum Gasteiger partial charge on any atom is 0.345 e. The first kappa shape index (κ1) is 21.7. The summed E-state index contributed by atoms with van der Waals surface area (Å²) in [6.07, 6.45) is 0. The lowest BCUT2D eigenvalue weighted by Gasteiger charge is -2.27. The molecule has 5 rings (SSSR count). The molecule has 0 unspecified atom stereocenters.